The fourth-order valence-electron chi connectivity index (χ4n) is 4.20. The molecule has 0 saturated carbocycles. The molecule has 3 heterocycles. The third kappa shape index (κ3) is 2.75. The van der Waals surface area contributed by atoms with Crippen LogP contribution >= 0.6 is 0 Å². The SMILES string of the molecule is O=C(O)c1ccc2nc(CCNC(=O)c3cccc4c3C3CCC4O3)[nH]c2c1. The van der Waals surface area contributed by atoms with Gasteiger partial charge in [-0.3, -0.25) is 4.79 Å². The van der Waals surface area contributed by atoms with Crippen molar-refractivity contribution in [2.24, 2.45) is 0 Å². The number of carbonyl (C=O) groups excluding carboxylic acids is 1. The lowest BCUT2D eigenvalue weighted by Gasteiger charge is -2.15. The summed E-state index contributed by atoms with van der Waals surface area (Å²) in [6, 6.07) is 10.6. The van der Waals surface area contributed by atoms with E-state index >= 15 is 0 Å². The lowest BCUT2D eigenvalue weighted by molar-refractivity contribution is 0.0696. The van der Waals surface area contributed by atoms with Crippen molar-refractivity contribution in [2.45, 2.75) is 31.5 Å². The summed E-state index contributed by atoms with van der Waals surface area (Å²) in [7, 11) is 0. The summed E-state index contributed by atoms with van der Waals surface area (Å²) in [6.07, 6.45) is 2.71. The highest BCUT2D eigenvalue weighted by molar-refractivity contribution is 5.96. The van der Waals surface area contributed by atoms with Crippen molar-refractivity contribution >= 4 is 22.9 Å². The van der Waals surface area contributed by atoms with E-state index in [1.807, 2.05) is 12.1 Å². The van der Waals surface area contributed by atoms with Crippen LogP contribution in [0.25, 0.3) is 11.0 Å². The molecule has 1 aromatic heterocycles. The second kappa shape index (κ2) is 6.45. The molecule has 1 saturated heterocycles. The number of benzene rings is 2. The van der Waals surface area contributed by atoms with Gasteiger partial charge < -0.3 is 20.1 Å². The summed E-state index contributed by atoms with van der Waals surface area (Å²) >= 11 is 0. The zero-order valence-corrected chi connectivity index (χ0v) is 15.1. The lowest BCUT2D eigenvalue weighted by Crippen LogP contribution is -2.27. The molecular formula is C21H19N3O4. The molecule has 2 aliphatic rings. The maximum atomic E-state index is 12.7. The van der Waals surface area contributed by atoms with Gasteiger partial charge >= 0.3 is 5.97 Å². The summed E-state index contributed by atoms with van der Waals surface area (Å²) in [5.74, 6) is -0.366. The predicted molar refractivity (Wildman–Crippen MR) is 101 cm³/mol. The number of hydrogen-bond acceptors (Lipinski definition) is 4. The van der Waals surface area contributed by atoms with Crippen LogP contribution in [0.4, 0.5) is 0 Å². The molecule has 2 aliphatic heterocycles. The van der Waals surface area contributed by atoms with Gasteiger partial charge in [-0.1, -0.05) is 12.1 Å². The Kier molecular flexibility index (Phi) is 3.91. The summed E-state index contributed by atoms with van der Waals surface area (Å²) in [6.45, 7) is 0.434. The molecule has 1 fully saturated rings. The Labute approximate surface area is 160 Å². The van der Waals surface area contributed by atoms with Gasteiger partial charge in [0.05, 0.1) is 28.8 Å². The van der Waals surface area contributed by atoms with Gasteiger partial charge in [0.1, 0.15) is 5.82 Å². The van der Waals surface area contributed by atoms with E-state index in [0.717, 1.165) is 24.0 Å². The van der Waals surface area contributed by atoms with Crippen molar-refractivity contribution in [2.75, 3.05) is 6.54 Å². The minimum Gasteiger partial charge on any atom is -0.478 e. The summed E-state index contributed by atoms with van der Waals surface area (Å²) in [4.78, 5) is 31.3. The van der Waals surface area contributed by atoms with Gasteiger partial charge in [0, 0.05) is 18.5 Å². The predicted octanol–water partition coefficient (Wildman–Crippen LogP) is 3.14. The van der Waals surface area contributed by atoms with E-state index in [4.69, 9.17) is 9.84 Å². The Morgan fingerprint density at radius 2 is 2.07 bits per heavy atom. The average Bonchev–Trinajstić information content (AvgIpc) is 3.41. The van der Waals surface area contributed by atoms with Crippen LogP contribution < -0.4 is 5.32 Å². The van der Waals surface area contributed by atoms with E-state index in [2.05, 4.69) is 21.4 Å². The molecule has 3 aromatic rings. The minimum absolute atomic E-state index is 0.0424. The third-order valence-electron chi connectivity index (χ3n) is 5.50. The summed E-state index contributed by atoms with van der Waals surface area (Å²) in [5, 5.41) is 12.0. The molecule has 7 heteroatoms. The van der Waals surface area contributed by atoms with Crippen LogP contribution in [0.15, 0.2) is 36.4 Å². The van der Waals surface area contributed by atoms with E-state index in [0.29, 0.717) is 35.4 Å². The van der Waals surface area contributed by atoms with Gasteiger partial charge in [-0.15, -0.1) is 0 Å². The number of amides is 1. The lowest BCUT2D eigenvalue weighted by atomic mass is 9.88. The largest absolute Gasteiger partial charge is 0.478 e. The van der Waals surface area contributed by atoms with Crippen LogP contribution in [0.3, 0.4) is 0 Å². The van der Waals surface area contributed by atoms with Gasteiger partial charge in [0.25, 0.3) is 5.91 Å². The first-order chi connectivity index (χ1) is 13.6. The molecule has 0 aliphatic carbocycles. The number of hydrogen-bond donors (Lipinski definition) is 3. The fourth-order valence-corrected chi connectivity index (χ4v) is 4.20. The smallest absolute Gasteiger partial charge is 0.335 e. The second-order valence-corrected chi connectivity index (χ2v) is 7.23. The van der Waals surface area contributed by atoms with Crippen LogP contribution in [0.1, 0.15) is 62.7 Å². The van der Waals surface area contributed by atoms with Crippen LogP contribution in [0.2, 0.25) is 0 Å². The second-order valence-electron chi connectivity index (χ2n) is 7.23. The van der Waals surface area contributed by atoms with Crippen LogP contribution in [-0.4, -0.2) is 33.5 Å². The van der Waals surface area contributed by atoms with Crippen molar-refractivity contribution in [3.63, 3.8) is 0 Å². The molecule has 0 radical (unpaired) electrons. The first kappa shape index (κ1) is 16.9. The van der Waals surface area contributed by atoms with E-state index in [1.165, 1.54) is 6.07 Å². The fraction of sp³-hybridized carbons (Fsp3) is 0.286. The normalized spacial score (nSPS) is 19.7. The number of aromatic carboxylic acids is 1. The van der Waals surface area contributed by atoms with Crippen LogP contribution in [0.5, 0.6) is 0 Å². The molecule has 2 unspecified atom stereocenters. The number of nitrogens with zero attached hydrogens (tertiary/aromatic N) is 1. The maximum absolute atomic E-state index is 12.7. The number of aromatic nitrogens is 2. The van der Waals surface area contributed by atoms with Crippen LogP contribution in [0, 0.1) is 0 Å². The Morgan fingerprint density at radius 1 is 1.21 bits per heavy atom. The van der Waals surface area contributed by atoms with Crippen molar-refractivity contribution in [3.05, 3.63) is 64.5 Å². The van der Waals surface area contributed by atoms with E-state index in [-0.39, 0.29) is 23.7 Å². The van der Waals surface area contributed by atoms with Gasteiger partial charge in [-0.25, -0.2) is 9.78 Å². The van der Waals surface area contributed by atoms with Gasteiger partial charge in [-0.05, 0) is 48.2 Å². The Balaban J connectivity index is 1.27. The molecule has 2 aromatic carbocycles. The highest BCUT2D eigenvalue weighted by Crippen LogP contribution is 2.51. The monoisotopic (exact) mass is 377 g/mol. The Bertz CT molecular complexity index is 1100. The average molecular weight is 377 g/mol. The molecular weight excluding hydrogens is 358 g/mol. The highest BCUT2D eigenvalue weighted by atomic mass is 16.5. The Hall–Kier alpha value is -3.19. The molecule has 28 heavy (non-hydrogen) atoms. The number of carboxylic acid groups (broad SMARTS) is 1. The van der Waals surface area contributed by atoms with Crippen molar-refractivity contribution < 1.29 is 19.4 Å². The number of aromatic amines is 1. The first-order valence-corrected chi connectivity index (χ1v) is 9.38. The van der Waals surface area contributed by atoms with Gasteiger partial charge in [0.15, 0.2) is 0 Å². The number of ether oxygens (including phenoxy) is 1. The zero-order valence-electron chi connectivity index (χ0n) is 15.1. The summed E-state index contributed by atoms with van der Waals surface area (Å²) < 4.78 is 5.93. The van der Waals surface area contributed by atoms with E-state index < -0.39 is 5.97 Å². The number of carboxylic acids is 1. The van der Waals surface area contributed by atoms with Gasteiger partial charge in [0.2, 0.25) is 0 Å². The zero-order chi connectivity index (χ0) is 19.3. The number of H-pyrrole nitrogens is 1. The number of fused-ring (bicyclic) bond motifs is 6. The molecule has 1 amide bonds. The van der Waals surface area contributed by atoms with E-state index in [9.17, 15) is 9.59 Å². The van der Waals surface area contributed by atoms with E-state index in [1.54, 1.807) is 12.1 Å². The quantitative estimate of drug-likeness (QED) is 0.634. The molecule has 3 N–H and O–H groups in total. The Morgan fingerprint density at radius 3 is 2.93 bits per heavy atom. The topological polar surface area (TPSA) is 104 Å². The van der Waals surface area contributed by atoms with Crippen molar-refractivity contribution in [1.29, 1.82) is 0 Å². The van der Waals surface area contributed by atoms with Gasteiger partial charge in [-0.2, -0.15) is 0 Å². The van der Waals surface area contributed by atoms with Crippen LogP contribution in [-0.2, 0) is 11.2 Å². The maximum Gasteiger partial charge on any atom is 0.335 e. The molecule has 142 valence electrons. The number of carbonyl (C=O) groups is 2. The number of imidazole rings is 1. The highest BCUT2D eigenvalue weighted by Gasteiger charge is 2.40. The molecule has 2 atom stereocenters. The van der Waals surface area contributed by atoms with Crippen molar-refractivity contribution in [3.8, 4) is 0 Å². The standard InChI is InChI=1S/C21H19N3O4/c25-20(13-3-1-2-12-16-6-7-17(28-16)19(12)13)22-9-8-18-23-14-5-4-11(21(26)27)10-15(14)24-18/h1-5,10,16-17H,6-9H2,(H,22,25)(H,23,24)(H,26,27). The third-order valence-corrected chi connectivity index (χ3v) is 5.50. The number of rotatable bonds is 5. The molecule has 7 nitrogen and oxygen atoms in total. The first-order valence-electron chi connectivity index (χ1n) is 9.38. The molecule has 0 spiro atoms. The minimum atomic E-state index is -0.974. The molecule has 5 rings (SSSR count). The summed E-state index contributed by atoms with van der Waals surface area (Å²) in [5.41, 5.74) is 4.48. The molecule has 2 bridgehead atoms. The number of nitrogens with one attached hydrogen (secondary N) is 2. The van der Waals surface area contributed by atoms with Crippen molar-refractivity contribution in [1.82, 2.24) is 15.3 Å².